The largest absolute Gasteiger partial charge is 0.465 e. The van der Waals surface area contributed by atoms with Crippen LogP contribution in [-0.4, -0.2) is 85.4 Å². The quantitative estimate of drug-likeness (QED) is 0.157. The normalized spacial score (nSPS) is 30.8. The molecule has 9 heteroatoms. The predicted molar refractivity (Wildman–Crippen MR) is 151 cm³/mol. The van der Waals surface area contributed by atoms with Gasteiger partial charge in [-0.25, -0.2) is 0 Å². The van der Waals surface area contributed by atoms with E-state index >= 15 is 0 Å². The molecule has 2 amide bonds. The van der Waals surface area contributed by atoms with Crippen LogP contribution in [0.15, 0.2) is 25.3 Å². The van der Waals surface area contributed by atoms with Crippen molar-refractivity contribution in [1.29, 1.82) is 0 Å². The van der Waals surface area contributed by atoms with E-state index in [1.54, 1.807) is 28.8 Å². The highest BCUT2D eigenvalue weighted by molar-refractivity contribution is 9.09. The van der Waals surface area contributed by atoms with E-state index in [0.29, 0.717) is 25.8 Å². The van der Waals surface area contributed by atoms with Crippen LogP contribution in [0, 0.1) is 17.3 Å². The summed E-state index contributed by atoms with van der Waals surface area (Å²) in [6, 6.07) is -0.725. The zero-order valence-electron chi connectivity index (χ0n) is 22.9. The number of aliphatic hydroxyl groups excluding tert-OH is 1. The Morgan fingerprint density at radius 3 is 2.51 bits per heavy atom. The summed E-state index contributed by atoms with van der Waals surface area (Å²) in [5.74, 6) is -1.92. The molecule has 3 heterocycles. The van der Waals surface area contributed by atoms with Gasteiger partial charge in [0.05, 0.1) is 23.2 Å². The Kier molecular flexibility index (Phi) is 9.33. The zero-order valence-corrected chi connectivity index (χ0v) is 25.3. The SMILES string of the molecule is C=CCCOC(=O)[C@H]1[C@H]2C(=O)N(CCCO)C(C(=O)N(CC=C)C(C)(C)CC(C)(C)C)C23CC(Br)[C@@H]1S3. The van der Waals surface area contributed by atoms with E-state index in [0.717, 1.165) is 6.42 Å². The third-order valence-electron chi connectivity index (χ3n) is 7.69. The second-order valence-electron chi connectivity index (χ2n) is 12.3. The van der Waals surface area contributed by atoms with Crippen molar-refractivity contribution in [1.82, 2.24) is 9.80 Å². The third kappa shape index (κ3) is 5.69. The second-order valence-corrected chi connectivity index (χ2v) is 15.0. The van der Waals surface area contributed by atoms with E-state index in [9.17, 15) is 19.5 Å². The molecule has 0 saturated carbocycles. The fraction of sp³-hybridized carbons (Fsp3) is 0.750. The van der Waals surface area contributed by atoms with Crippen LogP contribution < -0.4 is 0 Å². The summed E-state index contributed by atoms with van der Waals surface area (Å²) in [5.41, 5.74) is -0.504. The number of alkyl halides is 1. The van der Waals surface area contributed by atoms with Crippen LogP contribution in [0.3, 0.4) is 0 Å². The summed E-state index contributed by atoms with van der Waals surface area (Å²) >= 11 is 5.38. The van der Waals surface area contributed by atoms with Crippen molar-refractivity contribution >= 4 is 45.5 Å². The lowest BCUT2D eigenvalue weighted by atomic mass is 9.70. The Labute approximate surface area is 234 Å². The van der Waals surface area contributed by atoms with Gasteiger partial charge in [0.1, 0.15) is 6.04 Å². The number of aliphatic hydroxyl groups is 1. The summed E-state index contributed by atoms with van der Waals surface area (Å²) < 4.78 is 4.83. The average Bonchev–Trinajstić information content (AvgIpc) is 3.37. The van der Waals surface area contributed by atoms with E-state index < -0.39 is 28.2 Å². The van der Waals surface area contributed by atoms with Crippen LogP contribution in [0.1, 0.15) is 60.3 Å². The van der Waals surface area contributed by atoms with Gasteiger partial charge in [0.25, 0.3) is 0 Å². The maximum Gasteiger partial charge on any atom is 0.310 e. The smallest absolute Gasteiger partial charge is 0.310 e. The van der Waals surface area contributed by atoms with Gasteiger partial charge < -0.3 is 19.6 Å². The number of fused-ring (bicyclic) bond motifs is 1. The lowest BCUT2D eigenvalue weighted by molar-refractivity contribution is -0.154. The Bertz CT molecular complexity index is 919. The first-order chi connectivity index (χ1) is 17.3. The lowest BCUT2D eigenvalue weighted by Gasteiger charge is -2.46. The lowest BCUT2D eigenvalue weighted by Crippen LogP contribution is -2.60. The molecule has 1 N–H and O–H groups in total. The Morgan fingerprint density at radius 2 is 1.95 bits per heavy atom. The monoisotopic (exact) mass is 598 g/mol. The van der Waals surface area contributed by atoms with Crippen molar-refractivity contribution in [3.8, 4) is 0 Å². The molecule has 0 aromatic carbocycles. The van der Waals surface area contributed by atoms with E-state index in [1.165, 1.54) is 0 Å². The van der Waals surface area contributed by atoms with Gasteiger partial charge in [0.15, 0.2) is 0 Å². The molecule has 208 valence electrons. The topological polar surface area (TPSA) is 87.1 Å². The molecular formula is C28H43BrN2O5S. The van der Waals surface area contributed by atoms with Gasteiger partial charge in [-0.15, -0.1) is 24.9 Å². The number of halogens is 1. The predicted octanol–water partition coefficient (Wildman–Crippen LogP) is 4.18. The van der Waals surface area contributed by atoms with Crippen molar-refractivity contribution in [3.05, 3.63) is 25.3 Å². The minimum Gasteiger partial charge on any atom is -0.465 e. The van der Waals surface area contributed by atoms with Gasteiger partial charge in [-0.05, 0) is 44.9 Å². The molecule has 3 fully saturated rings. The van der Waals surface area contributed by atoms with Crippen molar-refractivity contribution in [2.45, 2.75) is 86.7 Å². The third-order valence-corrected chi connectivity index (χ3v) is 10.9. The van der Waals surface area contributed by atoms with Crippen LogP contribution in [0.2, 0.25) is 0 Å². The van der Waals surface area contributed by atoms with Crippen molar-refractivity contribution in [2.75, 3.05) is 26.3 Å². The molecule has 7 nitrogen and oxygen atoms in total. The zero-order chi connectivity index (χ0) is 27.8. The number of nitrogens with zero attached hydrogens (tertiary/aromatic N) is 2. The maximum absolute atomic E-state index is 14.6. The first-order valence-electron chi connectivity index (χ1n) is 13.2. The van der Waals surface area contributed by atoms with Crippen LogP contribution in [0.5, 0.6) is 0 Å². The molecule has 3 saturated heterocycles. The summed E-state index contributed by atoms with van der Waals surface area (Å²) in [7, 11) is 0. The van der Waals surface area contributed by atoms with E-state index in [-0.39, 0.29) is 53.0 Å². The molecule has 3 aliphatic rings. The Balaban J connectivity index is 2.05. The molecule has 6 atom stereocenters. The number of carbonyl (C=O) groups is 3. The molecule has 3 aliphatic heterocycles. The van der Waals surface area contributed by atoms with Crippen LogP contribution in [0.4, 0.5) is 0 Å². The van der Waals surface area contributed by atoms with Gasteiger partial charge >= 0.3 is 5.97 Å². The highest BCUT2D eigenvalue weighted by atomic mass is 79.9. The van der Waals surface area contributed by atoms with Crippen LogP contribution in [-0.2, 0) is 19.1 Å². The average molecular weight is 600 g/mol. The number of hydrogen-bond donors (Lipinski definition) is 1. The molecule has 3 rings (SSSR count). The summed E-state index contributed by atoms with van der Waals surface area (Å²) in [4.78, 5) is 45.3. The fourth-order valence-corrected chi connectivity index (χ4v) is 10.4. The Morgan fingerprint density at radius 1 is 1.27 bits per heavy atom. The first-order valence-corrected chi connectivity index (χ1v) is 15.0. The van der Waals surface area contributed by atoms with E-state index in [4.69, 9.17) is 4.74 Å². The molecule has 0 radical (unpaired) electrons. The standard InChI is InChI=1S/C28H43BrN2O5S/c1-8-10-15-36-25(35)19-20-23(33)30(13-11-14-32)22(28(20)16-18(29)21(19)37-28)24(34)31(12-9-2)27(6,7)17-26(3,4)5/h8-9,18-22,32H,1-2,10-17H2,3-7H3/t18?,19-,20-,21-,22?,28?/m0/s1. The number of esters is 1. The van der Waals surface area contributed by atoms with Crippen LogP contribution in [0.25, 0.3) is 0 Å². The van der Waals surface area contributed by atoms with Gasteiger partial charge in [-0.1, -0.05) is 48.9 Å². The maximum atomic E-state index is 14.6. The van der Waals surface area contributed by atoms with Gasteiger partial charge in [0.2, 0.25) is 11.8 Å². The highest BCUT2D eigenvalue weighted by Gasteiger charge is 2.76. The summed E-state index contributed by atoms with van der Waals surface area (Å²) in [5, 5.41) is 9.44. The number of thioether (sulfide) groups is 1. The molecule has 0 aromatic heterocycles. The Hall–Kier alpha value is -1.32. The molecule has 2 bridgehead atoms. The number of likely N-dealkylation sites (tertiary alicyclic amines) is 1. The first kappa shape index (κ1) is 30.2. The van der Waals surface area contributed by atoms with E-state index in [2.05, 4.69) is 63.7 Å². The van der Waals surface area contributed by atoms with Crippen LogP contribution >= 0.6 is 27.7 Å². The fourth-order valence-electron chi connectivity index (χ4n) is 6.80. The number of hydrogen-bond acceptors (Lipinski definition) is 6. The van der Waals surface area contributed by atoms with Gasteiger partial charge in [0, 0.05) is 35.3 Å². The summed E-state index contributed by atoms with van der Waals surface area (Å²) in [6.07, 6.45) is 5.72. The van der Waals surface area contributed by atoms with Crippen molar-refractivity contribution in [2.24, 2.45) is 17.3 Å². The molecular weight excluding hydrogens is 556 g/mol. The van der Waals surface area contributed by atoms with Gasteiger partial charge in [-0.3, -0.25) is 14.4 Å². The summed E-state index contributed by atoms with van der Waals surface area (Å²) in [6.45, 7) is 18.9. The van der Waals surface area contributed by atoms with Crippen molar-refractivity contribution in [3.63, 3.8) is 0 Å². The number of amides is 2. The van der Waals surface area contributed by atoms with Crippen molar-refractivity contribution < 1.29 is 24.2 Å². The molecule has 0 aromatic rings. The molecule has 37 heavy (non-hydrogen) atoms. The van der Waals surface area contributed by atoms with Gasteiger partial charge in [-0.2, -0.15) is 0 Å². The number of carbonyl (C=O) groups excluding carboxylic acids is 3. The molecule has 0 aliphatic carbocycles. The highest BCUT2D eigenvalue weighted by Crippen LogP contribution is 2.68. The minimum atomic E-state index is -0.734. The molecule has 1 spiro atoms. The minimum absolute atomic E-state index is 0.0120. The van der Waals surface area contributed by atoms with E-state index in [1.807, 2.05) is 4.90 Å². The molecule has 3 unspecified atom stereocenters. The second kappa shape index (κ2) is 11.4. The number of rotatable bonds is 12. The number of ether oxygens (including phenoxy) is 1.